The van der Waals surface area contributed by atoms with E-state index in [1.54, 1.807) is 12.1 Å². The van der Waals surface area contributed by atoms with Crippen molar-refractivity contribution in [3.8, 4) is 0 Å². The van der Waals surface area contributed by atoms with E-state index in [4.69, 9.17) is 5.73 Å². The summed E-state index contributed by atoms with van der Waals surface area (Å²) in [7, 11) is 0. The average molecular weight is 257 g/mol. The van der Waals surface area contributed by atoms with Crippen molar-refractivity contribution in [2.45, 2.75) is 13.0 Å². The van der Waals surface area contributed by atoms with Gasteiger partial charge in [-0.15, -0.1) is 0 Å². The van der Waals surface area contributed by atoms with Gasteiger partial charge in [0.2, 0.25) is 0 Å². The van der Waals surface area contributed by atoms with Crippen molar-refractivity contribution in [2.24, 2.45) is 5.73 Å². The number of aromatic nitrogens is 2. The van der Waals surface area contributed by atoms with Gasteiger partial charge in [0, 0.05) is 11.7 Å². The minimum Gasteiger partial charge on any atom is -0.324 e. The highest BCUT2D eigenvalue weighted by molar-refractivity contribution is 5.99. The van der Waals surface area contributed by atoms with Gasteiger partial charge in [0.25, 0.3) is 0 Å². The summed E-state index contributed by atoms with van der Waals surface area (Å²) >= 11 is 0. The van der Waals surface area contributed by atoms with Crippen molar-refractivity contribution in [2.75, 3.05) is 10.6 Å². The van der Waals surface area contributed by atoms with Gasteiger partial charge in [-0.25, -0.2) is 14.8 Å². The molecular weight excluding hydrogens is 242 g/mol. The summed E-state index contributed by atoms with van der Waals surface area (Å²) in [6, 6.07) is 7.00. The molecule has 4 N–H and O–H groups in total. The molecule has 0 bridgehead atoms. The molecule has 0 spiro atoms. The van der Waals surface area contributed by atoms with Gasteiger partial charge in [-0.05, 0) is 24.6 Å². The van der Waals surface area contributed by atoms with Gasteiger partial charge < -0.3 is 16.4 Å². The third kappa shape index (κ3) is 3.75. The van der Waals surface area contributed by atoms with Crippen molar-refractivity contribution >= 4 is 17.4 Å². The summed E-state index contributed by atoms with van der Waals surface area (Å²) in [6.45, 7) is 1.91. The number of amides is 2. The Balaban J connectivity index is 1.95. The Kier molecular flexibility index (Phi) is 4.04. The van der Waals surface area contributed by atoms with Crippen LogP contribution in [0.15, 0.2) is 43.0 Å². The molecule has 1 aromatic carbocycles. The number of hydrogen-bond acceptors (Lipinski definition) is 4. The Morgan fingerprint density at radius 1 is 1.11 bits per heavy atom. The van der Waals surface area contributed by atoms with Gasteiger partial charge in [-0.3, -0.25) is 0 Å². The molecule has 19 heavy (non-hydrogen) atoms. The van der Waals surface area contributed by atoms with E-state index in [2.05, 4.69) is 20.6 Å². The number of rotatable bonds is 3. The van der Waals surface area contributed by atoms with Gasteiger partial charge in [0.05, 0.1) is 18.1 Å². The van der Waals surface area contributed by atoms with Crippen molar-refractivity contribution in [1.82, 2.24) is 9.97 Å². The van der Waals surface area contributed by atoms with Crippen LogP contribution in [0.25, 0.3) is 0 Å². The molecule has 6 nitrogen and oxygen atoms in total. The van der Waals surface area contributed by atoms with Crippen molar-refractivity contribution in [1.29, 1.82) is 0 Å². The summed E-state index contributed by atoms with van der Waals surface area (Å²) in [5.41, 5.74) is 8.00. The first-order chi connectivity index (χ1) is 9.15. The lowest BCUT2D eigenvalue weighted by Crippen LogP contribution is -2.19. The first-order valence-corrected chi connectivity index (χ1v) is 5.83. The van der Waals surface area contributed by atoms with Crippen LogP contribution in [-0.4, -0.2) is 16.0 Å². The average Bonchev–Trinajstić information content (AvgIpc) is 2.40. The van der Waals surface area contributed by atoms with Gasteiger partial charge in [-0.2, -0.15) is 0 Å². The Labute approximate surface area is 111 Å². The van der Waals surface area contributed by atoms with Crippen LogP contribution in [0.3, 0.4) is 0 Å². The van der Waals surface area contributed by atoms with Crippen LogP contribution in [0.4, 0.5) is 16.2 Å². The quantitative estimate of drug-likeness (QED) is 0.785. The normalized spacial score (nSPS) is 11.7. The fourth-order valence-electron chi connectivity index (χ4n) is 1.53. The number of carbonyl (C=O) groups excluding carboxylic acids is 1. The van der Waals surface area contributed by atoms with Crippen LogP contribution in [0.2, 0.25) is 0 Å². The molecule has 6 heteroatoms. The molecule has 2 rings (SSSR count). The zero-order valence-electron chi connectivity index (χ0n) is 10.5. The molecular formula is C13H15N5O. The van der Waals surface area contributed by atoms with Crippen LogP contribution in [0, 0.1) is 0 Å². The lowest BCUT2D eigenvalue weighted by atomic mass is 10.1. The van der Waals surface area contributed by atoms with E-state index in [0.717, 1.165) is 5.56 Å². The summed E-state index contributed by atoms with van der Waals surface area (Å²) in [5, 5.41) is 5.34. The summed E-state index contributed by atoms with van der Waals surface area (Å²) < 4.78 is 0. The number of nitrogens with one attached hydrogen (secondary N) is 2. The molecule has 0 aliphatic heterocycles. The van der Waals surface area contributed by atoms with Crippen LogP contribution in [0.1, 0.15) is 18.5 Å². The first-order valence-electron chi connectivity index (χ1n) is 5.83. The molecule has 1 atom stereocenters. The second-order valence-corrected chi connectivity index (χ2v) is 4.12. The minimum absolute atomic E-state index is 0.0238. The predicted molar refractivity (Wildman–Crippen MR) is 73.7 cm³/mol. The Morgan fingerprint density at radius 3 is 2.26 bits per heavy atom. The molecule has 2 amide bonds. The number of carbonyl (C=O) groups is 1. The Bertz CT molecular complexity index is 539. The lowest BCUT2D eigenvalue weighted by Gasteiger charge is -2.09. The molecule has 0 radical (unpaired) electrons. The van der Waals surface area contributed by atoms with Crippen LogP contribution < -0.4 is 16.4 Å². The molecule has 98 valence electrons. The SMILES string of the molecule is CC(N)c1ccc(NC(=O)Nc2cncnc2)cc1. The van der Waals surface area contributed by atoms with Gasteiger partial charge in [0.15, 0.2) is 0 Å². The fourth-order valence-corrected chi connectivity index (χ4v) is 1.53. The van der Waals surface area contributed by atoms with Gasteiger partial charge in [0.1, 0.15) is 6.33 Å². The third-order valence-corrected chi connectivity index (χ3v) is 2.51. The number of nitrogens with two attached hydrogens (primary N) is 1. The van der Waals surface area contributed by atoms with E-state index in [1.165, 1.54) is 18.7 Å². The van der Waals surface area contributed by atoms with Crippen LogP contribution in [-0.2, 0) is 0 Å². The molecule has 1 aromatic heterocycles. The summed E-state index contributed by atoms with van der Waals surface area (Å²) in [4.78, 5) is 19.3. The molecule has 1 heterocycles. The van der Waals surface area contributed by atoms with Crippen LogP contribution in [0.5, 0.6) is 0 Å². The number of hydrogen-bond donors (Lipinski definition) is 3. The van der Waals surface area contributed by atoms with Gasteiger partial charge >= 0.3 is 6.03 Å². The van der Waals surface area contributed by atoms with E-state index < -0.39 is 0 Å². The molecule has 0 saturated heterocycles. The second kappa shape index (κ2) is 5.92. The molecule has 0 saturated carbocycles. The Hall–Kier alpha value is -2.47. The second-order valence-electron chi connectivity index (χ2n) is 4.12. The van der Waals surface area contributed by atoms with E-state index >= 15 is 0 Å². The fraction of sp³-hybridized carbons (Fsp3) is 0.154. The topological polar surface area (TPSA) is 92.9 Å². The van der Waals surface area contributed by atoms with Crippen molar-refractivity contribution in [3.63, 3.8) is 0 Å². The van der Waals surface area contributed by atoms with E-state index in [9.17, 15) is 4.79 Å². The maximum absolute atomic E-state index is 11.7. The highest BCUT2D eigenvalue weighted by Crippen LogP contribution is 2.14. The zero-order chi connectivity index (χ0) is 13.7. The summed E-state index contributed by atoms with van der Waals surface area (Å²) in [5.74, 6) is 0. The molecule has 0 aliphatic carbocycles. The van der Waals surface area contributed by atoms with Crippen molar-refractivity contribution < 1.29 is 4.79 Å². The smallest absolute Gasteiger partial charge is 0.323 e. The number of urea groups is 1. The number of nitrogens with zero attached hydrogens (tertiary/aromatic N) is 2. The first kappa shape index (κ1) is 13.0. The standard InChI is InChI=1S/C13H15N5O/c1-9(14)10-2-4-11(5-3-10)17-13(19)18-12-6-15-8-16-7-12/h2-9H,14H2,1H3,(H2,17,18,19). The molecule has 0 aliphatic rings. The highest BCUT2D eigenvalue weighted by Gasteiger charge is 2.04. The maximum Gasteiger partial charge on any atom is 0.323 e. The third-order valence-electron chi connectivity index (χ3n) is 2.51. The van der Waals surface area contributed by atoms with E-state index in [0.29, 0.717) is 11.4 Å². The number of benzene rings is 1. The zero-order valence-corrected chi connectivity index (χ0v) is 10.5. The minimum atomic E-state index is -0.344. The van der Waals surface area contributed by atoms with Crippen LogP contribution >= 0.6 is 0 Å². The maximum atomic E-state index is 11.7. The highest BCUT2D eigenvalue weighted by atomic mass is 16.2. The largest absolute Gasteiger partial charge is 0.324 e. The van der Waals surface area contributed by atoms with E-state index in [-0.39, 0.29) is 12.1 Å². The monoisotopic (exact) mass is 257 g/mol. The number of anilines is 2. The predicted octanol–water partition coefficient (Wildman–Crippen LogP) is 2.14. The summed E-state index contributed by atoms with van der Waals surface area (Å²) in [6.07, 6.45) is 4.44. The molecule has 1 unspecified atom stereocenters. The van der Waals surface area contributed by atoms with E-state index in [1.807, 2.05) is 19.1 Å². The Morgan fingerprint density at radius 2 is 1.68 bits per heavy atom. The lowest BCUT2D eigenvalue weighted by molar-refractivity contribution is 0.262. The van der Waals surface area contributed by atoms with Crippen molar-refractivity contribution in [3.05, 3.63) is 48.5 Å². The van der Waals surface area contributed by atoms with Gasteiger partial charge in [-0.1, -0.05) is 12.1 Å². The molecule has 2 aromatic rings. The molecule has 0 fully saturated rings.